The van der Waals surface area contributed by atoms with Crippen LogP contribution in [0.2, 0.25) is 0 Å². The molecule has 1 unspecified atom stereocenters. The lowest BCUT2D eigenvalue weighted by atomic mass is 10.1. The first-order chi connectivity index (χ1) is 10.2. The number of hydrogen-bond donors (Lipinski definition) is 3. The molecular weight excluding hydrogens is 272 g/mol. The summed E-state index contributed by atoms with van der Waals surface area (Å²) >= 11 is 0. The van der Waals surface area contributed by atoms with Crippen LogP contribution in [-0.4, -0.2) is 29.2 Å². The van der Waals surface area contributed by atoms with E-state index in [-0.39, 0.29) is 18.0 Å². The number of methoxy groups -OCH3 is 2. The summed E-state index contributed by atoms with van der Waals surface area (Å²) in [6.07, 6.45) is 0. The Morgan fingerprint density at radius 1 is 1.00 bits per heavy atom. The van der Waals surface area contributed by atoms with Crippen LogP contribution < -0.4 is 26.1 Å². The highest BCUT2D eigenvalue weighted by atomic mass is 16.5. The fourth-order valence-corrected chi connectivity index (χ4v) is 1.75. The van der Waals surface area contributed by atoms with Crippen LogP contribution in [0.5, 0.6) is 11.8 Å². The molecular formula is C13H18N6O2. The molecule has 1 heterocycles. The van der Waals surface area contributed by atoms with Crippen LogP contribution in [0.15, 0.2) is 24.3 Å². The maximum atomic E-state index is 5.32. The zero-order valence-electron chi connectivity index (χ0n) is 12.1. The van der Waals surface area contributed by atoms with Gasteiger partial charge in [0, 0.05) is 0 Å². The second-order valence-electron chi connectivity index (χ2n) is 4.25. The van der Waals surface area contributed by atoms with E-state index in [1.165, 1.54) is 7.11 Å². The number of benzene rings is 1. The van der Waals surface area contributed by atoms with E-state index in [0.717, 1.165) is 11.3 Å². The molecule has 112 valence electrons. The molecule has 0 spiro atoms. The molecule has 0 aliphatic carbocycles. The molecule has 0 aliphatic rings. The third-order valence-corrected chi connectivity index (χ3v) is 2.89. The van der Waals surface area contributed by atoms with Gasteiger partial charge in [-0.15, -0.1) is 0 Å². The van der Waals surface area contributed by atoms with Crippen LogP contribution in [0.3, 0.4) is 0 Å². The largest absolute Gasteiger partial charge is 0.497 e. The Balaban J connectivity index is 2.15. The number of hydrazine groups is 1. The van der Waals surface area contributed by atoms with Crippen molar-refractivity contribution >= 4 is 11.9 Å². The van der Waals surface area contributed by atoms with Crippen molar-refractivity contribution in [2.24, 2.45) is 5.84 Å². The monoisotopic (exact) mass is 290 g/mol. The first kappa shape index (κ1) is 14.8. The number of hydrogen-bond acceptors (Lipinski definition) is 8. The topological polar surface area (TPSA) is 107 Å². The van der Waals surface area contributed by atoms with E-state index in [2.05, 4.69) is 25.7 Å². The zero-order chi connectivity index (χ0) is 15.2. The van der Waals surface area contributed by atoms with Crippen molar-refractivity contribution in [1.82, 2.24) is 15.0 Å². The number of nitrogens with zero attached hydrogens (tertiary/aromatic N) is 3. The Bertz CT molecular complexity index is 567. The highest BCUT2D eigenvalue weighted by Crippen LogP contribution is 2.21. The quantitative estimate of drug-likeness (QED) is 0.540. The minimum absolute atomic E-state index is 0.00589. The van der Waals surface area contributed by atoms with Gasteiger partial charge >= 0.3 is 6.01 Å². The second kappa shape index (κ2) is 6.71. The minimum atomic E-state index is -0.00589. The van der Waals surface area contributed by atoms with Gasteiger partial charge in [0.05, 0.1) is 20.3 Å². The lowest BCUT2D eigenvalue weighted by Gasteiger charge is -2.15. The van der Waals surface area contributed by atoms with Crippen LogP contribution in [-0.2, 0) is 0 Å². The molecule has 21 heavy (non-hydrogen) atoms. The zero-order valence-corrected chi connectivity index (χ0v) is 12.1. The molecule has 0 saturated carbocycles. The number of ether oxygens (including phenoxy) is 2. The van der Waals surface area contributed by atoms with Gasteiger partial charge in [-0.1, -0.05) is 12.1 Å². The highest BCUT2D eigenvalue weighted by molar-refractivity contribution is 5.38. The Morgan fingerprint density at radius 3 is 2.24 bits per heavy atom. The van der Waals surface area contributed by atoms with Gasteiger partial charge < -0.3 is 14.8 Å². The van der Waals surface area contributed by atoms with Crippen molar-refractivity contribution in [3.05, 3.63) is 29.8 Å². The normalized spacial score (nSPS) is 11.6. The van der Waals surface area contributed by atoms with Crippen LogP contribution in [0.25, 0.3) is 0 Å². The molecule has 1 aromatic carbocycles. The summed E-state index contributed by atoms with van der Waals surface area (Å²) in [5, 5.41) is 3.17. The number of aromatic nitrogens is 3. The van der Waals surface area contributed by atoms with Crippen molar-refractivity contribution < 1.29 is 9.47 Å². The fourth-order valence-electron chi connectivity index (χ4n) is 1.75. The van der Waals surface area contributed by atoms with Gasteiger partial charge in [-0.05, 0) is 24.6 Å². The molecule has 0 aliphatic heterocycles. The molecule has 8 heteroatoms. The number of nitrogens with two attached hydrogens (primary N) is 1. The molecule has 4 N–H and O–H groups in total. The highest BCUT2D eigenvalue weighted by Gasteiger charge is 2.10. The summed E-state index contributed by atoms with van der Waals surface area (Å²) in [6, 6.07) is 7.91. The fraction of sp³-hybridized carbons (Fsp3) is 0.308. The summed E-state index contributed by atoms with van der Waals surface area (Å²) in [5.41, 5.74) is 3.44. The van der Waals surface area contributed by atoms with E-state index in [4.69, 9.17) is 15.3 Å². The van der Waals surface area contributed by atoms with E-state index in [9.17, 15) is 0 Å². The van der Waals surface area contributed by atoms with E-state index in [1.54, 1.807) is 7.11 Å². The standard InChI is InChI=1S/C13H18N6O2/c1-8(9-4-6-10(20-2)7-5-9)15-11-16-12(19-14)18-13(17-11)21-3/h4-8H,14H2,1-3H3,(H2,15,16,17,18,19). The second-order valence-corrected chi connectivity index (χ2v) is 4.25. The van der Waals surface area contributed by atoms with E-state index < -0.39 is 0 Å². The van der Waals surface area contributed by atoms with Gasteiger partial charge in [0.25, 0.3) is 0 Å². The van der Waals surface area contributed by atoms with Gasteiger partial charge in [0.15, 0.2) is 0 Å². The predicted molar refractivity (Wildman–Crippen MR) is 79.2 cm³/mol. The van der Waals surface area contributed by atoms with Crippen LogP contribution in [0, 0.1) is 0 Å². The first-order valence-corrected chi connectivity index (χ1v) is 6.33. The maximum absolute atomic E-state index is 5.32. The number of rotatable bonds is 6. The minimum Gasteiger partial charge on any atom is -0.497 e. The summed E-state index contributed by atoms with van der Waals surface area (Å²) in [5.74, 6) is 6.73. The van der Waals surface area contributed by atoms with Crippen molar-refractivity contribution in [1.29, 1.82) is 0 Å². The molecule has 0 radical (unpaired) electrons. The third kappa shape index (κ3) is 3.69. The van der Waals surface area contributed by atoms with Crippen LogP contribution >= 0.6 is 0 Å². The van der Waals surface area contributed by atoms with Crippen molar-refractivity contribution in [3.8, 4) is 11.8 Å². The summed E-state index contributed by atoms with van der Waals surface area (Å²) in [7, 11) is 3.11. The lowest BCUT2D eigenvalue weighted by molar-refractivity contribution is 0.379. The molecule has 1 aromatic heterocycles. The van der Waals surface area contributed by atoms with Gasteiger partial charge in [0.1, 0.15) is 5.75 Å². The molecule has 0 fully saturated rings. The molecule has 2 rings (SSSR count). The number of anilines is 2. The maximum Gasteiger partial charge on any atom is 0.322 e. The Kier molecular flexibility index (Phi) is 4.72. The van der Waals surface area contributed by atoms with Crippen molar-refractivity contribution in [2.75, 3.05) is 25.0 Å². The third-order valence-electron chi connectivity index (χ3n) is 2.89. The molecule has 8 nitrogen and oxygen atoms in total. The van der Waals surface area contributed by atoms with Crippen LogP contribution in [0.4, 0.5) is 11.9 Å². The molecule has 0 bridgehead atoms. The first-order valence-electron chi connectivity index (χ1n) is 6.33. The van der Waals surface area contributed by atoms with Gasteiger partial charge in [-0.2, -0.15) is 15.0 Å². The lowest BCUT2D eigenvalue weighted by Crippen LogP contribution is -2.15. The van der Waals surface area contributed by atoms with Gasteiger partial charge in [0.2, 0.25) is 11.9 Å². The SMILES string of the molecule is COc1ccc(C(C)Nc2nc(NN)nc(OC)n2)cc1. The van der Waals surface area contributed by atoms with Crippen molar-refractivity contribution in [3.63, 3.8) is 0 Å². The summed E-state index contributed by atoms with van der Waals surface area (Å²) in [6.45, 7) is 1.99. The summed E-state index contributed by atoms with van der Waals surface area (Å²) in [4.78, 5) is 12.2. The average Bonchev–Trinajstić information content (AvgIpc) is 2.54. The smallest absolute Gasteiger partial charge is 0.322 e. The Morgan fingerprint density at radius 2 is 1.67 bits per heavy atom. The van der Waals surface area contributed by atoms with E-state index in [1.807, 2.05) is 31.2 Å². The molecule has 0 amide bonds. The van der Waals surface area contributed by atoms with Crippen molar-refractivity contribution in [2.45, 2.75) is 13.0 Å². The molecule has 1 atom stereocenters. The summed E-state index contributed by atoms with van der Waals surface area (Å²) < 4.78 is 10.1. The molecule has 2 aromatic rings. The van der Waals surface area contributed by atoms with Gasteiger partial charge in [-0.3, -0.25) is 5.43 Å². The van der Waals surface area contributed by atoms with E-state index in [0.29, 0.717) is 5.95 Å². The van der Waals surface area contributed by atoms with E-state index >= 15 is 0 Å². The van der Waals surface area contributed by atoms with Crippen LogP contribution in [0.1, 0.15) is 18.5 Å². The number of nitrogens with one attached hydrogen (secondary N) is 2. The predicted octanol–water partition coefficient (Wildman–Crippen LogP) is 1.35. The average molecular weight is 290 g/mol. The molecule has 0 saturated heterocycles. The Hall–Kier alpha value is -2.61. The van der Waals surface area contributed by atoms with Gasteiger partial charge in [-0.25, -0.2) is 5.84 Å². The Labute approximate surface area is 122 Å². The number of nitrogen functional groups attached to an aromatic ring is 1.